The number of fused-ring (bicyclic) bond motifs is 2. The second kappa shape index (κ2) is 4.94. The van der Waals surface area contributed by atoms with E-state index in [0.717, 1.165) is 44.1 Å². The van der Waals surface area contributed by atoms with Crippen molar-refractivity contribution >= 4 is 7.60 Å². The van der Waals surface area contributed by atoms with E-state index in [2.05, 4.69) is 20.8 Å². The van der Waals surface area contributed by atoms with E-state index < -0.39 is 7.60 Å². The summed E-state index contributed by atoms with van der Waals surface area (Å²) in [6.07, 6.45) is 6.29. The third-order valence-corrected chi connectivity index (χ3v) is 5.61. The molecule has 1 aromatic carbocycles. The highest BCUT2D eigenvalue weighted by atomic mass is 31.2. The van der Waals surface area contributed by atoms with Crippen LogP contribution in [-0.2, 0) is 41.8 Å². The zero-order chi connectivity index (χ0) is 15.4. The van der Waals surface area contributed by atoms with Crippen LogP contribution in [0.25, 0.3) is 0 Å². The zero-order valence-electron chi connectivity index (χ0n) is 13.2. The van der Waals surface area contributed by atoms with E-state index in [0.29, 0.717) is 0 Å². The molecule has 0 unspecified atom stereocenters. The van der Waals surface area contributed by atoms with Crippen molar-refractivity contribution in [3.63, 3.8) is 0 Å². The van der Waals surface area contributed by atoms with E-state index in [-0.39, 0.29) is 11.6 Å². The molecule has 0 aliphatic heterocycles. The van der Waals surface area contributed by atoms with Gasteiger partial charge in [0.05, 0.1) is 6.16 Å². The number of hydrogen-bond acceptors (Lipinski definition) is 1. The van der Waals surface area contributed by atoms with Crippen molar-refractivity contribution in [1.29, 1.82) is 0 Å². The largest absolute Gasteiger partial charge is 0.329 e. The molecule has 2 N–H and O–H groups in total. The van der Waals surface area contributed by atoms with Crippen LogP contribution < -0.4 is 0 Å². The summed E-state index contributed by atoms with van der Waals surface area (Å²) in [6, 6.07) is 0. The van der Waals surface area contributed by atoms with Gasteiger partial charge in [0.15, 0.2) is 0 Å². The molecular weight excluding hydrogens is 283 g/mol. The molecule has 3 nitrogen and oxygen atoms in total. The molecular formula is C17H25O3P. The molecule has 2 aliphatic rings. The smallest absolute Gasteiger partial charge is 0.324 e. The van der Waals surface area contributed by atoms with Gasteiger partial charge in [-0.2, -0.15) is 0 Å². The molecule has 21 heavy (non-hydrogen) atoms. The standard InChI is InChI=1S/C17H25O3P/c1-17(2,3)16-13-8-4-6-11(13)15(10-21(18,19)20)12-7-5-9-14(12)16/h4-10H2,1-3H3,(H2,18,19,20). The molecule has 0 radical (unpaired) electrons. The van der Waals surface area contributed by atoms with Gasteiger partial charge >= 0.3 is 7.60 Å². The Hall–Kier alpha value is -0.630. The summed E-state index contributed by atoms with van der Waals surface area (Å²) in [6.45, 7) is 6.80. The van der Waals surface area contributed by atoms with Gasteiger partial charge in [0.25, 0.3) is 0 Å². The van der Waals surface area contributed by atoms with Crippen LogP contribution in [0.1, 0.15) is 67.0 Å². The van der Waals surface area contributed by atoms with Crippen LogP contribution in [0.3, 0.4) is 0 Å². The van der Waals surface area contributed by atoms with Gasteiger partial charge in [-0.05, 0) is 77.3 Å². The van der Waals surface area contributed by atoms with Crippen molar-refractivity contribution < 1.29 is 14.4 Å². The van der Waals surface area contributed by atoms with E-state index >= 15 is 0 Å². The SMILES string of the molecule is CC(C)(C)c1c2c(c(CP(=O)(O)O)c3c1CCC3)CCC2. The predicted octanol–water partition coefficient (Wildman–Crippen LogP) is 3.64. The van der Waals surface area contributed by atoms with Crippen LogP contribution >= 0.6 is 7.60 Å². The molecule has 1 aromatic rings. The van der Waals surface area contributed by atoms with E-state index in [9.17, 15) is 14.4 Å². The van der Waals surface area contributed by atoms with Crippen molar-refractivity contribution in [1.82, 2.24) is 0 Å². The first-order valence-electron chi connectivity index (χ1n) is 7.92. The molecule has 0 atom stereocenters. The minimum Gasteiger partial charge on any atom is -0.324 e. The topological polar surface area (TPSA) is 57.5 Å². The molecule has 0 bridgehead atoms. The summed E-state index contributed by atoms with van der Waals surface area (Å²) in [7, 11) is -4.01. The lowest BCUT2D eigenvalue weighted by Gasteiger charge is -2.29. The number of rotatable bonds is 2. The van der Waals surface area contributed by atoms with Crippen molar-refractivity contribution in [2.24, 2.45) is 0 Å². The number of hydrogen-bond donors (Lipinski definition) is 2. The molecule has 0 saturated heterocycles. The first-order valence-corrected chi connectivity index (χ1v) is 9.71. The van der Waals surface area contributed by atoms with E-state index in [4.69, 9.17) is 0 Å². The summed E-state index contributed by atoms with van der Waals surface area (Å²) >= 11 is 0. The van der Waals surface area contributed by atoms with Crippen LogP contribution in [0.15, 0.2) is 0 Å². The van der Waals surface area contributed by atoms with Gasteiger partial charge in [-0.25, -0.2) is 0 Å². The Labute approximate surface area is 126 Å². The summed E-state index contributed by atoms with van der Waals surface area (Å²) < 4.78 is 11.6. The molecule has 0 amide bonds. The first kappa shape index (κ1) is 15.3. The molecule has 2 aliphatic carbocycles. The molecule has 0 heterocycles. The summed E-state index contributed by atoms with van der Waals surface area (Å²) in [5, 5.41) is 0. The number of benzene rings is 1. The maximum Gasteiger partial charge on any atom is 0.329 e. The molecule has 3 rings (SSSR count). The lowest BCUT2D eigenvalue weighted by molar-refractivity contribution is 0.371. The van der Waals surface area contributed by atoms with Crippen LogP contribution in [0.4, 0.5) is 0 Å². The highest BCUT2D eigenvalue weighted by Gasteiger charge is 2.34. The average Bonchev–Trinajstić information content (AvgIpc) is 2.92. The molecule has 0 aromatic heterocycles. The highest BCUT2D eigenvalue weighted by Crippen LogP contribution is 2.48. The van der Waals surface area contributed by atoms with Crippen molar-refractivity contribution in [2.75, 3.05) is 0 Å². The second-order valence-corrected chi connectivity index (χ2v) is 9.19. The van der Waals surface area contributed by atoms with Crippen LogP contribution in [0.5, 0.6) is 0 Å². The Morgan fingerprint density at radius 3 is 1.71 bits per heavy atom. The Balaban J connectivity index is 2.28. The van der Waals surface area contributed by atoms with Gasteiger partial charge in [-0.1, -0.05) is 20.8 Å². The second-order valence-electron chi connectivity index (χ2n) is 7.55. The molecule has 0 saturated carbocycles. The summed E-state index contributed by atoms with van der Waals surface area (Å²) in [4.78, 5) is 18.9. The van der Waals surface area contributed by atoms with Gasteiger partial charge in [-0.3, -0.25) is 4.57 Å². The molecule has 0 spiro atoms. The Bertz CT molecular complexity index is 599. The maximum absolute atomic E-state index is 11.6. The van der Waals surface area contributed by atoms with Crippen LogP contribution in [-0.4, -0.2) is 9.79 Å². The van der Waals surface area contributed by atoms with E-state index in [1.807, 2.05) is 0 Å². The van der Waals surface area contributed by atoms with Gasteiger partial charge in [0, 0.05) is 0 Å². The normalized spacial score (nSPS) is 18.0. The first-order chi connectivity index (χ1) is 9.68. The van der Waals surface area contributed by atoms with Gasteiger partial charge in [0.2, 0.25) is 0 Å². The lowest BCUT2D eigenvalue weighted by atomic mass is 9.77. The quantitative estimate of drug-likeness (QED) is 0.820. The van der Waals surface area contributed by atoms with Crippen molar-refractivity contribution in [3.05, 3.63) is 33.4 Å². The van der Waals surface area contributed by atoms with Crippen LogP contribution in [0, 0.1) is 0 Å². The van der Waals surface area contributed by atoms with Crippen molar-refractivity contribution in [3.8, 4) is 0 Å². The fourth-order valence-corrected chi connectivity index (χ4v) is 5.17. The Morgan fingerprint density at radius 1 is 0.905 bits per heavy atom. The predicted molar refractivity (Wildman–Crippen MR) is 84.9 cm³/mol. The minimum atomic E-state index is -4.01. The third-order valence-electron chi connectivity index (χ3n) is 4.88. The van der Waals surface area contributed by atoms with Gasteiger partial charge in [-0.15, -0.1) is 0 Å². The molecule has 4 heteroatoms. The highest BCUT2D eigenvalue weighted by molar-refractivity contribution is 7.50. The van der Waals surface area contributed by atoms with E-state index in [1.165, 1.54) is 27.8 Å². The summed E-state index contributed by atoms with van der Waals surface area (Å²) in [5.74, 6) is 0. The minimum absolute atomic E-state index is 0.0674. The Kier molecular flexibility index (Phi) is 3.59. The van der Waals surface area contributed by atoms with E-state index in [1.54, 1.807) is 0 Å². The monoisotopic (exact) mass is 308 g/mol. The fraction of sp³-hybridized carbons (Fsp3) is 0.647. The average molecular weight is 308 g/mol. The Morgan fingerprint density at radius 2 is 1.33 bits per heavy atom. The zero-order valence-corrected chi connectivity index (χ0v) is 14.1. The van der Waals surface area contributed by atoms with Gasteiger partial charge in [0.1, 0.15) is 0 Å². The lowest BCUT2D eigenvalue weighted by Crippen LogP contribution is -2.19. The molecule has 0 fully saturated rings. The van der Waals surface area contributed by atoms with Crippen molar-refractivity contribution in [2.45, 2.75) is 70.9 Å². The van der Waals surface area contributed by atoms with Crippen LogP contribution in [0.2, 0.25) is 0 Å². The maximum atomic E-state index is 11.6. The van der Waals surface area contributed by atoms with Gasteiger partial charge < -0.3 is 9.79 Å². The third kappa shape index (κ3) is 2.72. The molecule has 116 valence electrons. The summed E-state index contributed by atoms with van der Waals surface area (Å²) in [5.41, 5.74) is 7.95. The fourth-order valence-electron chi connectivity index (χ4n) is 4.37.